The van der Waals surface area contributed by atoms with Gasteiger partial charge in [0.2, 0.25) is 0 Å². The van der Waals surface area contributed by atoms with Crippen LogP contribution in [0.1, 0.15) is 17.5 Å². The minimum atomic E-state index is -0.0849. The van der Waals surface area contributed by atoms with Crippen LogP contribution in [0.25, 0.3) is 71.7 Å². The molecule has 0 saturated heterocycles. The van der Waals surface area contributed by atoms with Crippen LogP contribution in [0.5, 0.6) is 0 Å². The summed E-state index contributed by atoms with van der Waals surface area (Å²) in [6, 6.07) is 57.6. The van der Waals surface area contributed by atoms with Gasteiger partial charge in [-0.2, -0.15) is 0 Å². The number of thioether (sulfide) groups is 1. The molecule has 1 aliphatic carbocycles. The van der Waals surface area contributed by atoms with Crippen LogP contribution in [0.15, 0.2) is 190 Å². The molecular weight excluding hydrogens is 651 g/mol. The van der Waals surface area contributed by atoms with Gasteiger partial charge in [-0.1, -0.05) is 139 Å². The van der Waals surface area contributed by atoms with E-state index in [0.717, 1.165) is 40.3 Å². The van der Waals surface area contributed by atoms with Crippen molar-refractivity contribution in [3.63, 3.8) is 0 Å². The first kappa shape index (κ1) is 29.7. The summed E-state index contributed by atoms with van der Waals surface area (Å²) < 4.78 is 8.76. The highest BCUT2D eigenvalue weighted by atomic mass is 32.2. The van der Waals surface area contributed by atoms with Gasteiger partial charge in [0.1, 0.15) is 11.2 Å². The fourth-order valence-corrected chi connectivity index (χ4v) is 10.1. The van der Waals surface area contributed by atoms with Crippen LogP contribution in [0.3, 0.4) is 0 Å². The lowest BCUT2D eigenvalue weighted by molar-refractivity contribution is 0.525. The average molecular weight is 684 g/mol. The van der Waals surface area contributed by atoms with E-state index in [2.05, 4.69) is 174 Å². The molecule has 9 aromatic rings. The molecular formula is C49H33NOS. The number of allylic oxidation sites excluding steroid dienone is 4. The van der Waals surface area contributed by atoms with Crippen LogP contribution in [0.2, 0.25) is 0 Å². The maximum atomic E-state index is 6.38. The zero-order valence-electron chi connectivity index (χ0n) is 28.4. The zero-order valence-corrected chi connectivity index (χ0v) is 29.2. The fraction of sp³-hybridized carbons (Fsp3) is 0.0612. The predicted octanol–water partition coefficient (Wildman–Crippen LogP) is 13.4. The van der Waals surface area contributed by atoms with Gasteiger partial charge in [0.15, 0.2) is 0 Å². The van der Waals surface area contributed by atoms with Crippen molar-refractivity contribution in [1.29, 1.82) is 0 Å². The molecule has 3 heterocycles. The molecule has 246 valence electrons. The molecule has 1 aliphatic heterocycles. The number of nitrogens with zero attached hydrogens (tertiary/aromatic N) is 1. The van der Waals surface area contributed by atoms with Crippen LogP contribution in [-0.4, -0.2) is 4.57 Å². The van der Waals surface area contributed by atoms with Gasteiger partial charge in [0.25, 0.3) is 0 Å². The molecule has 0 N–H and O–H groups in total. The Labute approximate surface area is 306 Å². The molecule has 0 amide bonds. The second-order valence-corrected chi connectivity index (χ2v) is 15.2. The zero-order chi connectivity index (χ0) is 34.2. The van der Waals surface area contributed by atoms with Gasteiger partial charge in [-0.25, -0.2) is 0 Å². The summed E-state index contributed by atoms with van der Waals surface area (Å²) in [5.74, 6) is 0. The predicted molar refractivity (Wildman–Crippen MR) is 218 cm³/mol. The van der Waals surface area contributed by atoms with Gasteiger partial charge in [-0.3, -0.25) is 0 Å². The van der Waals surface area contributed by atoms with E-state index in [1.165, 1.54) is 65.1 Å². The molecule has 11 rings (SSSR count). The van der Waals surface area contributed by atoms with E-state index in [1.807, 2.05) is 17.8 Å². The first-order valence-electron chi connectivity index (χ1n) is 18.0. The number of hydrogen-bond acceptors (Lipinski definition) is 2. The Hall–Kier alpha value is -6.03. The van der Waals surface area contributed by atoms with Gasteiger partial charge >= 0.3 is 0 Å². The Bertz CT molecular complexity index is 2930. The molecule has 2 aromatic heterocycles. The second-order valence-electron chi connectivity index (χ2n) is 14.1. The third kappa shape index (κ3) is 4.46. The van der Waals surface area contributed by atoms with Crippen LogP contribution >= 0.6 is 11.8 Å². The Morgan fingerprint density at radius 3 is 2.23 bits per heavy atom. The molecule has 0 spiro atoms. The van der Waals surface area contributed by atoms with Gasteiger partial charge < -0.3 is 8.98 Å². The summed E-state index contributed by atoms with van der Waals surface area (Å²) in [7, 11) is 0. The SMILES string of the molecule is C1=CCC2(Cc3ccc(-c4cccc5c4oc4ccccc45)cc3)C(=C1)Sc1ccc(-c3ccc4c(c3)c3ccccc3n4-c3ccccc3)cc12. The summed E-state index contributed by atoms with van der Waals surface area (Å²) in [6.45, 7) is 0. The minimum Gasteiger partial charge on any atom is -0.455 e. The lowest BCUT2D eigenvalue weighted by Gasteiger charge is -2.33. The highest BCUT2D eigenvalue weighted by molar-refractivity contribution is 8.03. The standard InChI is InChI=1S/C49H33NOS/c1-2-11-36(12-3-1)50-43-17-6-4-13-38(43)41-29-34(24-26-44(41)50)35-25-27-46-42(30-35)49(28-9-8-19-47(49)52-46)31-32-20-22-33(23-21-32)37-15-10-16-40-39-14-5-7-18-45(39)51-48(37)40/h1-27,29-30H,28,31H2. The Morgan fingerprint density at radius 1 is 0.596 bits per heavy atom. The Balaban J connectivity index is 0.975. The molecule has 0 bridgehead atoms. The lowest BCUT2D eigenvalue weighted by Crippen LogP contribution is -2.28. The number of benzene rings is 7. The van der Waals surface area contributed by atoms with Crippen LogP contribution in [0.4, 0.5) is 0 Å². The maximum absolute atomic E-state index is 6.38. The third-order valence-corrected chi connectivity index (χ3v) is 12.6. The van der Waals surface area contributed by atoms with Crippen molar-refractivity contribution in [2.45, 2.75) is 23.2 Å². The first-order chi connectivity index (χ1) is 25.7. The normalized spacial score (nSPS) is 16.5. The lowest BCUT2D eigenvalue weighted by atomic mass is 9.71. The minimum absolute atomic E-state index is 0.0849. The summed E-state index contributed by atoms with van der Waals surface area (Å²) in [6.07, 6.45) is 8.88. The quantitative estimate of drug-likeness (QED) is 0.180. The molecule has 0 radical (unpaired) electrons. The van der Waals surface area contributed by atoms with E-state index < -0.39 is 0 Å². The summed E-state index contributed by atoms with van der Waals surface area (Å²) in [4.78, 5) is 2.81. The maximum Gasteiger partial charge on any atom is 0.143 e. The van der Waals surface area contributed by atoms with E-state index in [-0.39, 0.29) is 5.41 Å². The van der Waals surface area contributed by atoms with Crippen molar-refractivity contribution < 1.29 is 4.42 Å². The Morgan fingerprint density at radius 2 is 1.33 bits per heavy atom. The summed E-state index contributed by atoms with van der Waals surface area (Å²) in [5.41, 5.74) is 13.1. The van der Waals surface area contributed by atoms with Crippen molar-refractivity contribution in [3.8, 4) is 27.9 Å². The van der Waals surface area contributed by atoms with Crippen LogP contribution in [0, 0.1) is 0 Å². The smallest absolute Gasteiger partial charge is 0.143 e. The van der Waals surface area contributed by atoms with E-state index in [4.69, 9.17) is 4.42 Å². The Kier molecular flexibility index (Phi) is 6.56. The number of para-hydroxylation sites is 4. The highest BCUT2D eigenvalue weighted by Gasteiger charge is 2.44. The van der Waals surface area contributed by atoms with Gasteiger partial charge in [-0.15, -0.1) is 0 Å². The van der Waals surface area contributed by atoms with Gasteiger partial charge in [0, 0.05) is 48.0 Å². The number of aromatic nitrogens is 1. The van der Waals surface area contributed by atoms with Crippen LogP contribution in [-0.2, 0) is 11.8 Å². The molecule has 2 aliphatic rings. The van der Waals surface area contributed by atoms with E-state index in [0.29, 0.717) is 0 Å². The van der Waals surface area contributed by atoms with Gasteiger partial charge in [0.05, 0.1) is 11.0 Å². The summed E-state index contributed by atoms with van der Waals surface area (Å²) in [5, 5.41) is 4.88. The monoisotopic (exact) mass is 683 g/mol. The molecule has 0 fully saturated rings. The van der Waals surface area contributed by atoms with Gasteiger partial charge in [-0.05, 0) is 89.2 Å². The third-order valence-electron chi connectivity index (χ3n) is 11.2. The number of rotatable bonds is 5. The van der Waals surface area contributed by atoms with E-state index in [1.54, 1.807) is 0 Å². The summed E-state index contributed by atoms with van der Waals surface area (Å²) >= 11 is 1.94. The molecule has 3 heteroatoms. The van der Waals surface area contributed by atoms with E-state index >= 15 is 0 Å². The number of hydrogen-bond donors (Lipinski definition) is 0. The van der Waals surface area contributed by atoms with Crippen molar-refractivity contribution in [1.82, 2.24) is 4.57 Å². The molecule has 52 heavy (non-hydrogen) atoms. The number of fused-ring (bicyclic) bond motifs is 9. The first-order valence-corrected chi connectivity index (χ1v) is 18.8. The molecule has 2 nitrogen and oxygen atoms in total. The molecule has 0 saturated carbocycles. The molecule has 1 unspecified atom stereocenters. The second kappa shape index (κ2) is 11.5. The fourth-order valence-electron chi connectivity index (χ4n) is 8.74. The topological polar surface area (TPSA) is 18.1 Å². The average Bonchev–Trinajstić information content (AvgIpc) is 3.86. The highest BCUT2D eigenvalue weighted by Crippen LogP contribution is 2.58. The van der Waals surface area contributed by atoms with Crippen molar-refractivity contribution in [2.24, 2.45) is 0 Å². The van der Waals surface area contributed by atoms with Crippen molar-refractivity contribution >= 4 is 55.5 Å². The van der Waals surface area contributed by atoms with Crippen LogP contribution < -0.4 is 0 Å². The molecule has 7 aromatic carbocycles. The molecule has 1 atom stereocenters. The van der Waals surface area contributed by atoms with Crippen molar-refractivity contribution in [3.05, 3.63) is 192 Å². The largest absolute Gasteiger partial charge is 0.455 e. The van der Waals surface area contributed by atoms with E-state index in [9.17, 15) is 0 Å². The number of furan rings is 1. The van der Waals surface area contributed by atoms with Crippen molar-refractivity contribution in [2.75, 3.05) is 0 Å².